The molecule has 0 radical (unpaired) electrons. The van der Waals surface area contributed by atoms with E-state index in [-0.39, 0.29) is 41.5 Å². The number of thioether (sulfide) groups is 1. The van der Waals surface area contributed by atoms with Gasteiger partial charge in [-0.05, 0) is 51.0 Å². The molecule has 2 bridgehead atoms. The molecule has 0 saturated carbocycles. The van der Waals surface area contributed by atoms with Crippen LogP contribution in [-0.4, -0.2) is 63.0 Å². The van der Waals surface area contributed by atoms with Crippen molar-refractivity contribution in [1.82, 2.24) is 15.5 Å². The summed E-state index contributed by atoms with van der Waals surface area (Å²) in [7, 11) is 0. The van der Waals surface area contributed by atoms with Crippen LogP contribution in [0.15, 0.2) is 30.3 Å². The molecule has 3 N–H and O–H groups in total. The molecule has 3 heterocycles. The van der Waals surface area contributed by atoms with E-state index in [0.717, 1.165) is 24.8 Å². The summed E-state index contributed by atoms with van der Waals surface area (Å²) in [6.45, 7) is 7.02. The molecule has 3 amide bonds. The SMILES string of the molecule is CC(C)NC(=O)C1N(CCCCCO)C(=O)[C@@H]2[C@@H](C(=O)NCc3ccccc3)[C@H]3CC(C)C12S3. The van der Waals surface area contributed by atoms with E-state index in [9.17, 15) is 14.4 Å². The molecule has 1 spiro atoms. The fourth-order valence-electron chi connectivity index (χ4n) is 6.20. The zero-order chi connectivity index (χ0) is 24.5. The van der Waals surface area contributed by atoms with Gasteiger partial charge in [0.05, 0.1) is 16.6 Å². The Morgan fingerprint density at radius 2 is 1.91 bits per heavy atom. The van der Waals surface area contributed by atoms with Gasteiger partial charge in [0.25, 0.3) is 0 Å². The lowest BCUT2D eigenvalue weighted by atomic mass is 9.66. The average Bonchev–Trinajstić information content (AvgIpc) is 3.39. The van der Waals surface area contributed by atoms with E-state index in [1.165, 1.54) is 0 Å². The van der Waals surface area contributed by atoms with Gasteiger partial charge >= 0.3 is 0 Å². The summed E-state index contributed by atoms with van der Waals surface area (Å²) in [5, 5.41) is 15.3. The maximum absolute atomic E-state index is 13.9. The topological polar surface area (TPSA) is 98.7 Å². The lowest BCUT2D eigenvalue weighted by Gasteiger charge is -2.39. The largest absolute Gasteiger partial charge is 0.396 e. The van der Waals surface area contributed by atoms with Crippen molar-refractivity contribution in [3.8, 4) is 0 Å². The standard InChI is InChI=1S/C26H37N3O4S/c1-16(2)28-24(32)22-26-17(3)14-19(34-26)20(23(31)27-15-18-10-6-4-7-11-18)21(26)25(33)29(22)12-8-5-9-13-30/h4,6-7,10-11,16-17,19-22,30H,5,8-9,12-15H2,1-3H3,(H,27,31)(H,28,32)/t17?,19-,20+,21+,22?,26?/m1/s1. The van der Waals surface area contributed by atoms with Crippen LogP contribution in [0.4, 0.5) is 0 Å². The quantitative estimate of drug-likeness (QED) is 0.440. The fourth-order valence-corrected chi connectivity index (χ4v) is 8.62. The van der Waals surface area contributed by atoms with Crippen molar-refractivity contribution in [2.24, 2.45) is 17.8 Å². The van der Waals surface area contributed by atoms with E-state index in [4.69, 9.17) is 5.11 Å². The second-order valence-corrected chi connectivity index (χ2v) is 11.8. The first-order chi connectivity index (χ1) is 16.3. The van der Waals surface area contributed by atoms with Crippen molar-refractivity contribution in [3.05, 3.63) is 35.9 Å². The molecule has 3 aliphatic heterocycles. The number of carbonyl (C=O) groups is 3. The van der Waals surface area contributed by atoms with E-state index >= 15 is 0 Å². The van der Waals surface area contributed by atoms with E-state index in [0.29, 0.717) is 19.5 Å². The third kappa shape index (κ3) is 4.35. The van der Waals surface area contributed by atoms with Gasteiger partial charge in [-0.25, -0.2) is 0 Å². The highest BCUT2D eigenvalue weighted by Gasteiger charge is 2.75. The van der Waals surface area contributed by atoms with Crippen LogP contribution in [0, 0.1) is 17.8 Å². The summed E-state index contributed by atoms with van der Waals surface area (Å²) in [5.74, 6) is -0.997. The molecule has 4 rings (SSSR count). The average molecular weight is 488 g/mol. The summed E-state index contributed by atoms with van der Waals surface area (Å²) < 4.78 is -0.577. The molecule has 186 valence electrons. The first kappa shape index (κ1) is 25.0. The van der Waals surface area contributed by atoms with Gasteiger partial charge in [-0.1, -0.05) is 37.3 Å². The van der Waals surface area contributed by atoms with Crippen molar-refractivity contribution in [1.29, 1.82) is 0 Å². The number of nitrogens with zero attached hydrogens (tertiary/aromatic N) is 1. The molecule has 0 aromatic heterocycles. The number of likely N-dealkylation sites (tertiary alicyclic amines) is 1. The number of benzene rings is 1. The molecule has 1 aromatic rings. The highest BCUT2D eigenvalue weighted by atomic mass is 32.2. The lowest BCUT2D eigenvalue weighted by Crippen LogP contribution is -2.57. The number of fused-ring (bicyclic) bond motifs is 1. The van der Waals surface area contributed by atoms with Crippen molar-refractivity contribution in [2.75, 3.05) is 13.2 Å². The predicted molar refractivity (Wildman–Crippen MR) is 133 cm³/mol. The van der Waals surface area contributed by atoms with Gasteiger partial charge in [0.15, 0.2) is 0 Å². The normalized spacial score (nSPS) is 31.7. The molecule has 6 atom stereocenters. The predicted octanol–water partition coefficient (Wildman–Crippen LogP) is 2.33. The summed E-state index contributed by atoms with van der Waals surface area (Å²) in [4.78, 5) is 42.6. The van der Waals surface area contributed by atoms with Gasteiger partial charge in [-0.15, -0.1) is 11.8 Å². The van der Waals surface area contributed by atoms with Gasteiger partial charge in [0, 0.05) is 31.0 Å². The highest BCUT2D eigenvalue weighted by molar-refractivity contribution is 8.02. The zero-order valence-electron chi connectivity index (χ0n) is 20.3. The van der Waals surface area contributed by atoms with Gasteiger partial charge in [0.1, 0.15) is 6.04 Å². The van der Waals surface area contributed by atoms with E-state index in [1.54, 1.807) is 16.7 Å². The molecule has 3 unspecified atom stereocenters. The number of unbranched alkanes of at least 4 members (excludes halogenated alkanes) is 2. The van der Waals surface area contributed by atoms with Gasteiger partial charge in [-0.3, -0.25) is 14.4 Å². The van der Waals surface area contributed by atoms with Crippen LogP contribution in [-0.2, 0) is 20.9 Å². The molecule has 34 heavy (non-hydrogen) atoms. The number of nitrogens with one attached hydrogen (secondary N) is 2. The number of amides is 3. The molecule has 1 aromatic carbocycles. The number of carbonyl (C=O) groups excluding carboxylic acids is 3. The molecule has 0 aliphatic carbocycles. The van der Waals surface area contributed by atoms with Crippen molar-refractivity contribution >= 4 is 29.5 Å². The smallest absolute Gasteiger partial charge is 0.244 e. The third-order valence-corrected chi connectivity index (χ3v) is 9.67. The maximum atomic E-state index is 13.9. The molecule has 7 nitrogen and oxygen atoms in total. The van der Waals surface area contributed by atoms with E-state index in [1.807, 2.05) is 44.2 Å². The Labute approximate surface area is 206 Å². The summed E-state index contributed by atoms with van der Waals surface area (Å²) in [5.41, 5.74) is 1.02. The lowest BCUT2D eigenvalue weighted by molar-refractivity contribution is -0.140. The number of aliphatic hydroxyl groups excluding tert-OH is 1. The number of rotatable bonds is 10. The molecular weight excluding hydrogens is 450 g/mol. The third-order valence-electron chi connectivity index (χ3n) is 7.59. The Bertz CT molecular complexity index is 911. The fraction of sp³-hybridized carbons (Fsp3) is 0.654. The van der Waals surface area contributed by atoms with Crippen LogP contribution in [0.1, 0.15) is 52.0 Å². The van der Waals surface area contributed by atoms with Crippen LogP contribution in [0.5, 0.6) is 0 Å². The Hall–Kier alpha value is -2.06. The minimum atomic E-state index is -0.577. The van der Waals surface area contributed by atoms with Crippen LogP contribution >= 0.6 is 11.8 Å². The number of aliphatic hydroxyl groups is 1. The molecular formula is C26H37N3O4S. The van der Waals surface area contributed by atoms with Crippen molar-refractivity contribution in [2.45, 2.75) is 75.1 Å². The first-order valence-electron chi connectivity index (χ1n) is 12.5. The van der Waals surface area contributed by atoms with Crippen LogP contribution in [0.25, 0.3) is 0 Å². The van der Waals surface area contributed by atoms with Crippen LogP contribution < -0.4 is 10.6 Å². The summed E-state index contributed by atoms with van der Waals surface area (Å²) in [6, 6.07) is 9.17. The molecule has 3 fully saturated rings. The molecule has 8 heteroatoms. The molecule has 3 saturated heterocycles. The van der Waals surface area contributed by atoms with E-state index in [2.05, 4.69) is 17.6 Å². The molecule has 3 aliphatic rings. The zero-order valence-corrected chi connectivity index (χ0v) is 21.1. The van der Waals surface area contributed by atoms with Crippen LogP contribution in [0.2, 0.25) is 0 Å². The summed E-state index contributed by atoms with van der Waals surface area (Å²) in [6.07, 6.45) is 3.04. The maximum Gasteiger partial charge on any atom is 0.244 e. The Kier molecular flexibility index (Phi) is 7.57. The van der Waals surface area contributed by atoms with Gasteiger partial charge in [-0.2, -0.15) is 0 Å². The minimum absolute atomic E-state index is 0.0295. The van der Waals surface area contributed by atoms with Crippen LogP contribution in [0.3, 0.4) is 0 Å². The second kappa shape index (κ2) is 10.3. The first-order valence-corrected chi connectivity index (χ1v) is 13.4. The van der Waals surface area contributed by atoms with Gasteiger partial charge < -0.3 is 20.6 Å². The van der Waals surface area contributed by atoms with Gasteiger partial charge in [0.2, 0.25) is 17.7 Å². The Balaban J connectivity index is 1.60. The second-order valence-electron chi connectivity index (χ2n) is 10.2. The highest BCUT2D eigenvalue weighted by Crippen LogP contribution is 2.68. The summed E-state index contributed by atoms with van der Waals surface area (Å²) >= 11 is 1.71. The Morgan fingerprint density at radius 1 is 1.18 bits per heavy atom. The monoisotopic (exact) mass is 487 g/mol. The van der Waals surface area contributed by atoms with Crippen molar-refractivity contribution < 1.29 is 19.5 Å². The minimum Gasteiger partial charge on any atom is -0.396 e. The Morgan fingerprint density at radius 3 is 2.59 bits per heavy atom. The van der Waals surface area contributed by atoms with Crippen molar-refractivity contribution in [3.63, 3.8) is 0 Å². The number of hydrogen-bond donors (Lipinski definition) is 3. The number of hydrogen-bond acceptors (Lipinski definition) is 5. The van der Waals surface area contributed by atoms with E-state index < -0.39 is 22.6 Å².